The number of amides is 1. The molecule has 0 aliphatic carbocycles. The molecule has 1 aliphatic rings. The van der Waals surface area contributed by atoms with Crippen LogP contribution >= 0.6 is 0 Å². The molecule has 0 radical (unpaired) electrons. The monoisotopic (exact) mass is 537 g/mol. The predicted molar refractivity (Wildman–Crippen MR) is 161 cm³/mol. The first-order valence-electron chi connectivity index (χ1n) is 13.6. The fourth-order valence-electron chi connectivity index (χ4n) is 5.33. The van der Waals surface area contributed by atoms with E-state index in [1.807, 2.05) is 103 Å². The number of carbonyl (C=O) groups is 1. The first-order valence-corrected chi connectivity index (χ1v) is 13.6. The molecule has 3 heterocycles. The zero-order valence-electron chi connectivity index (χ0n) is 22.2. The van der Waals surface area contributed by atoms with E-state index in [0.717, 1.165) is 45.2 Å². The van der Waals surface area contributed by atoms with Crippen LogP contribution in [0.1, 0.15) is 22.2 Å². The van der Waals surface area contributed by atoms with Crippen LogP contribution in [0.15, 0.2) is 128 Å². The standard InChI is InChI=1S/C34H27N5O2/c40-34-27-12-4-5-13-28(27)36-33(30-15-8-9-21-35-30)39(34)25-17-19-26(20-18-25)41-23-22-38-31-16-7-6-14-29(31)37-32(38)24-10-2-1-3-11-24/h1-21,33,36H,22-23H2. The Kier molecular flexibility index (Phi) is 6.37. The number of nitrogens with zero attached hydrogens (tertiary/aromatic N) is 4. The van der Waals surface area contributed by atoms with Gasteiger partial charge < -0.3 is 14.6 Å². The summed E-state index contributed by atoms with van der Waals surface area (Å²) >= 11 is 0. The molecule has 4 aromatic carbocycles. The number of benzene rings is 4. The largest absolute Gasteiger partial charge is 0.492 e. The van der Waals surface area contributed by atoms with Crippen molar-refractivity contribution in [2.75, 3.05) is 16.8 Å². The summed E-state index contributed by atoms with van der Waals surface area (Å²) in [4.78, 5) is 24.8. The summed E-state index contributed by atoms with van der Waals surface area (Å²) < 4.78 is 8.38. The number of pyridine rings is 1. The second kappa shape index (κ2) is 10.6. The third-order valence-electron chi connectivity index (χ3n) is 7.28. The lowest BCUT2D eigenvalue weighted by atomic mass is 10.0. The molecular formula is C34H27N5O2. The Labute approximate surface area is 237 Å². The van der Waals surface area contributed by atoms with Gasteiger partial charge in [-0.25, -0.2) is 4.98 Å². The zero-order valence-corrected chi connectivity index (χ0v) is 22.2. The second-order valence-electron chi connectivity index (χ2n) is 9.81. The molecule has 1 aliphatic heterocycles. The Morgan fingerprint density at radius 3 is 2.37 bits per heavy atom. The van der Waals surface area contributed by atoms with Gasteiger partial charge in [0.05, 0.1) is 28.8 Å². The molecule has 0 saturated carbocycles. The highest BCUT2D eigenvalue weighted by molar-refractivity contribution is 6.12. The van der Waals surface area contributed by atoms with Crippen molar-refractivity contribution in [3.63, 3.8) is 0 Å². The molecule has 6 aromatic rings. The van der Waals surface area contributed by atoms with Gasteiger partial charge in [0, 0.05) is 23.1 Å². The molecule has 1 unspecified atom stereocenters. The number of para-hydroxylation sites is 3. The van der Waals surface area contributed by atoms with E-state index in [9.17, 15) is 4.79 Å². The summed E-state index contributed by atoms with van der Waals surface area (Å²) in [6.07, 6.45) is 1.31. The first-order chi connectivity index (χ1) is 20.3. The average Bonchev–Trinajstić information content (AvgIpc) is 3.41. The Hall–Kier alpha value is -5.43. The maximum Gasteiger partial charge on any atom is 0.262 e. The summed E-state index contributed by atoms with van der Waals surface area (Å²) in [5, 5.41) is 3.49. The number of fused-ring (bicyclic) bond motifs is 2. The van der Waals surface area contributed by atoms with Crippen molar-refractivity contribution in [1.82, 2.24) is 14.5 Å². The summed E-state index contributed by atoms with van der Waals surface area (Å²) in [5.41, 5.74) is 6.04. The Morgan fingerprint density at radius 1 is 0.780 bits per heavy atom. The minimum atomic E-state index is -0.434. The number of rotatable bonds is 7. The van der Waals surface area contributed by atoms with Crippen molar-refractivity contribution in [2.45, 2.75) is 12.7 Å². The lowest BCUT2D eigenvalue weighted by molar-refractivity contribution is 0.0974. The van der Waals surface area contributed by atoms with Gasteiger partial charge in [0.15, 0.2) is 6.17 Å². The molecule has 200 valence electrons. The van der Waals surface area contributed by atoms with E-state index in [2.05, 4.69) is 33.1 Å². The highest BCUT2D eigenvalue weighted by atomic mass is 16.5. The molecule has 1 N–H and O–H groups in total. The van der Waals surface area contributed by atoms with Gasteiger partial charge in [-0.3, -0.25) is 14.7 Å². The van der Waals surface area contributed by atoms with Gasteiger partial charge in [-0.15, -0.1) is 0 Å². The van der Waals surface area contributed by atoms with E-state index >= 15 is 0 Å². The number of nitrogens with one attached hydrogen (secondary N) is 1. The van der Waals surface area contributed by atoms with Crippen LogP contribution in [0.2, 0.25) is 0 Å². The Bertz CT molecular complexity index is 1820. The topological polar surface area (TPSA) is 72.3 Å². The van der Waals surface area contributed by atoms with Gasteiger partial charge in [-0.05, 0) is 60.7 Å². The van der Waals surface area contributed by atoms with Crippen molar-refractivity contribution in [1.29, 1.82) is 0 Å². The minimum Gasteiger partial charge on any atom is -0.492 e. The number of hydrogen-bond acceptors (Lipinski definition) is 5. The molecule has 0 fully saturated rings. The number of imidazole rings is 1. The third kappa shape index (κ3) is 4.67. The Balaban J connectivity index is 1.12. The van der Waals surface area contributed by atoms with E-state index in [-0.39, 0.29) is 5.91 Å². The van der Waals surface area contributed by atoms with E-state index in [1.165, 1.54) is 0 Å². The molecule has 7 nitrogen and oxygen atoms in total. The van der Waals surface area contributed by atoms with Gasteiger partial charge in [-0.1, -0.05) is 60.7 Å². The normalized spacial score (nSPS) is 14.5. The van der Waals surface area contributed by atoms with Crippen LogP contribution < -0.4 is 15.0 Å². The SMILES string of the molecule is O=C1c2ccccc2NC(c2ccccn2)N1c1ccc(OCCn2c(-c3ccccc3)nc3ccccc32)cc1. The van der Waals surface area contributed by atoms with Crippen molar-refractivity contribution in [2.24, 2.45) is 0 Å². The molecule has 1 atom stereocenters. The van der Waals surface area contributed by atoms with Gasteiger partial charge in [0.1, 0.15) is 18.2 Å². The maximum absolute atomic E-state index is 13.7. The highest BCUT2D eigenvalue weighted by Crippen LogP contribution is 2.36. The second-order valence-corrected chi connectivity index (χ2v) is 9.81. The van der Waals surface area contributed by atoms with Gasteiger partial charge in [0.25, 0.3) is 5.91 Å². The van der Waals surface area contributed by atoms with Gasteiger partial charge in [-0.2, -0.15) is 0 Å². The number of carbonyl (C=O) groups excluding carboxylic acids is 1. The fraction of sp³-hybridized carbons (Fsp3) is 0.0882. The van der Waals surface area contributed by atoms with Crippen molar-refractivity contribution < 1.29 is 9.53 Å². The van der Waals surface area contributed by atoms with Crippen LogP contribution in [-0.2, 0) is 6.54 Å². The van der Waals surface area contributed by atoms with Crippen LogP contribution in [0.3, 0.4) is 0 Å². The van der Waals surface area contributed by atoms with Crippen molar-refractivity contribution in [3.8, 4) is 17.1 Å². The van der Waals surface area contributed by atoms with E-state index < -0.39 is 6.17 Å². The molecular weight excluding hydrogens is 510 g/mol. The molecule has 7 heteroatoms. The van der Waals surface area contributed by atoms with Crippen molar-refractivity contribution in [3.05, 3.63) is 139 Å². The Morgan fingerprint density at radius 2 is 1.54 bits per heavy atom. The minimum absolute atomic E-state index is 0.0795. The van der Waals surface area contributed by atoms with E-state index in [1.54, 1.807) is 11.1 Å². The number of ether oxygens (including phenoxy) is 1. The summed E-state index contributed by atoms with van der Waals surface area (Å²) in [6, 6.07) is 39.3. The van der Waals surface area contributed by atoms with Crippen LogP contribution in [0, 0.1) is 0 Å². The van der Waals surface area contributed by atoms with Crippen LogP contribution in [0.25, 0.3) is 22.4 Å². The number of hydrogen-bond donors (Lipinski definition) is 1. The predicted octanol–water partition coefficient (Wildman–Crippen LogP) is 6.95. The molecule has 1 amide bonds. The lowest BCUT2D eigenvalue weighted by Gasteiger charge is -2.37. The smallest absolute Gasteiger partial charge is 0.262 e. The summed E-state index contributed by atoms with van der Waals surface area (Å²) in [5.74, 6) is 1.57. The first kappa shape index (κ1) is 24.6. The van der Waals surface area contributed by atoms with Gasteiger partial charge in [0.2, 0.25) is 0 Å². The molecule has 0 bridgehead atoms. The van der Waals surface area contributed by atoms with E-state index in [4.69, 9.17) is 9.72 Å². The van der Waals surface area contributed by atoms with E-state index in [0.29, 0.717) is 18.7 Å². The third-order valence-corrected chi connectivity index (χ3v) is 7.28. The molecule has 7 rings (SSSR count). The maximum atomic E-state index is 13.7. The zero-order chi connectivity index (χ0) is 27.6. The summed E-state index contributed by atoms with van der Waals surface area (Å²) in [7, 11) is 0. The van der Waals surface area contributed by atoms with Gasteiger partial charge >= 0.3 is 0 Å². The highest BCUT2D eigenvalue weighted by Gasteiger charge is 2.34. The van der Waals surface area contributed by atoms with Crippen LogP contribution in [0.4, 0.5) is 11.4 Å². The average molecular weight is 538 g/mol. The quantitative estimate of drug-likeness (QED) is 0.239. The number of anilines is 2. The van der Waals surface area contributed by atoms with Crippen LogP contribution in [-0.4, -0.2) is 27.0 Å². The summed E-state index contributed by atoms with van der Waals surface area (Å²) in [6.45, 7) is 1.10. The van der Waals surface area contributed by atoms with Crippen molar-refractivity contribution >= 4 is 28.3 Å². The van der Waals surface area contributed by atoms with Crippen LogP contribution in [0.5, 0.6) is 5.75 Å². The lowest BCUT2D eigenvalue weighted by Crippen LogP contribution is -2.43. The number of aromatic nitrogens is 3. The molecule has 2 aromatic heterocycles. The molecule has 0 saturated heterocycles. The fourth-order valence-corrected chi connectivity index (χ4v) is 5.33. The molecule has 0 spiro atoms. The molecule has 41 heavy (non-hydrogen) atoms.